The topological polar surface area (TPSA) is 38.7 Å². The van der Waals surface area contributed by atoms with Gasteiger partial charge in [-0.1, -0.05) is 77.6 Å². The number of hydrogen-bond acceptors (Lipinski definition) is 3. The van der Waals surface area contributed by atoms with Crippen molar-refractivity contribution in [3.63, 3.8) is 0 Å². The fraction of sp³-hybridized carbons (Fsp3) is 1.00. The zero-order chi connectivity index (χ0) is 16.1. The Hall–Kier alpha value is -0.120. The molecule has 0 fully saturated rings. The first kappa shape index (κ1) is 21.9. The fourth-order valence-electron chi connectivity index (χ4n) is 2.53. The molecule has 0 unspecified atom stereocenters. The van der Waals surface area contributed by atoms with Gasteiger partial charge in [0.1, 0.15) is 0 Å². The van der Waals surface area contributed by atoms with Crippen molar-refractivity contribution in [2.24, 2.45) is 0 Å². The van der Waals surface area contributed by atoms with Crippen LogP contribution < -0.4 is 0 Å². The SMILES string of the molecule is CCCCCCCCCCCCCCOCCOCCCO. The lowest BCUT2D eigenvalue weighted by Crippen LogP contribution is -2.06. The standard InChI is InChI=1S/C19H40O3/c1-2-3-4-5-6-7-8-9-10-11-12-13-16-21-18-19-22-17-14-15-20/h20H,2-19H2,1H3. The van der Waals surface area contributed by atoms with Crippen molar-refractivity contribution in [3.8, 4) is 0 Å². The van der Waals surface area contributed by atoms with Crippen molar-refractivity contribution >= 4 is 0 Å². The third-order valence-corrected chi connectivity index (χ3v) is 3.96. The zero-order valence-electron chi connectivity index (χ0n) is 15.0. The van der Waals surface area contributed by atoms with E-state index in [1.807, 2.05) is 0 Å². The van der Waals surface area contributed by atoms with E-state index in [0.717, 1.165) is 13.0 Å². The molecule has 0 aromatic rings. The number of aliphatic hydroxyl groups is 1. The highest BCUT2D eigenvalue weighted by atomic mass is 16.5. The summed E-state index contributed by atoms with van der Waals surface area (Å²) in [6, 6.07) is 0. The van der Waals surface area contributed by atoms with E-state index in [1.54, 1.807) is 0 Å². The molecule has 0 aromatic heterocycles. The average molecular weight is 317 g/mol. The second-order valence-electron chi connectivity index (χ2n) is 6.19. The predicted molar refractivity (Wildman–Crippen MR) is 94.4 cm³/mol. The molecule has 0 aliphatic heterocycles. The molecule has 0 saturated carbocycles. The highest BCUT2D eigenvalue weighted by molar-refractivity contribution is 4.48. The third kappa shape index (κ3) is 19.9. The van der Waals surface area contributed by atoms with Gasteiger partial charge in [0, 0.05) is 19.8 Å². The summed E-state index contributed by atoms with van der Waals surface area (Å²) in [6.45, 7) is 5.32. The van der Waals surface area contributed by atoms with Crippen molar-refractivity contribution in [1.82, 2.24) is 0 Å². The van der Waals surface area contributed by atoms with Gasteiger partial charge in [-0.25, -0.2) is 0 Å². The minimum Gasteiger partial charge on any atom is -0.396 e. The smallest absolute Gasteiger partial charge is 0.0700 e. The van der Waals surface area contributed by atoms with Crippen molar-refractivity contribution < 1.29 is 14.6 Å². The monoisotopic (exact) mass is 316 g/mol. The molecule has 0 heterocycles. The molecular weight excluding hydrogens is 276 g/mol. The Bertz CT molecular complexity index is 166. The minimum absolute atomic E-state index is 0.208. The summed E-state index contributed by atoms with van der Waals surface area (Å²) in [5, 5.41) is 8.59. The van der Waals surface area contributed by atoms with E-state index in [9.17, 15) is 0 Å². The molecule has 0 radical (unpaired) electrons. The summed E-state index contributed by atoms with van der Waals surface area (Å²) in [6.07, 6.45) is 17.3. The maximum atomic E-state index is 8.59. The van der Waals surface area contributed by atoms with Gasteiger partial charge in [0.25, 0.3) is 0 Å². The van der Waals surface area contributed by atoms with Crippen LogP contribution in [0.15, 0.2) is 0 Å². The van der Waals surface area contributed by atoms with Gasteiger partial charge in [0.15, 0.2) is 0 Å². The minimum atomic E-state index is 0.208. The lowest BCUT2D eigenvalue weighted by Gasteiger charge is -2.05. The average Bonchev–Trinajstić information content (AvgIpc) is 2.54. The van der Waals surface area contributed by atoms with Crippen LogP contribution >= 0.6 is 0 Å². The summed E-state index contributed by atoms with van der Waals surface area (Å²) in [5.74, 6) is 0. The molecule has 0 aliphatic carbocycles. The van der Waals surface area contributed by atoms with Crippen LogP contribution in [-0.2, 0) is 9.47 Å². The van der Waals surface area contributed by atoms with E-state index in [2.05, 4.69) is 6.92 Å². The first-order valence-corrected chi connectivity index (χ1v) is 9.68. The molecule has 0 amide bonds. The molecule has 0 rings (SSSR count). The van der Waals surface area contributed by atoms with Crippen LogP contribution in [0, 0.1) is 0 Å². The summed E-state index contributed by atoms with van der Waals surface area (Å²) in [4.78, 5) is 0. The van der Waals surface area contributed by atoms with Gasteiger partial charge in [-0.05, 0) is 12.8 Å². The van der Waals surface area contributed by atoms with Crippen molar-refractivity contribution in [2.45, 2.75) is 90.4 Å². The van der Waals surface area contributed by atoms with Gasteiger partial charge in [-0.2, -0.15) is 0 Å². The number of ether oxygens (including phenoxy) is 2. The number of aliphatic hydroxyl groups excluding tert-OH is 1. The summed E-state index contributed by atoms with van der Waals surface area (Å²) < 4.78 is 10.8. The molecule has 3 heteroatoms. The van der Waals surface area contributed by atoms with Gasteiger partial charge < -0.3 is 14.6 Å². The molecule has 134 valence electrons. The zero-order valence-corrected chi connectivity index (χ0v) is 15.0. The van der Waals surface area contributed by atoms with Crippen LogP contribution in [0.25, 0.3) is 0 Å². The van der Waals surface area contributed by atoms with E-state index in [0.29, 0.717) is 19.8 Å². The van der Waals surface area contributed by atoms with Crippen LogP contribution in [0.1, 0.15) is 90.4 Å². The Morgan fingerprint density at radius 2 is 0.909 bits per heavy atom. The normalized spacial score (nSPS) is 11.2. The molecule has 22 heavy (non-hydrogen) atoms. The highest BCUT2D eigenvalue weighted by Crippen LogP contribution is 2.11. The predicted octanol–water partition coefficient (Wildman–Crippen LogP) is 5.10. The summed E-state index contributed by atoms with van der Waals surface area (Å²) in [5.41, 5.74) is 0. The van der Waals surface area contributed by atoms with Crippen molar-refractivity contribution in [2.75, 3.05) is 33.0 Å². The fourth-order valence-corrected chi connectivity index (χ4v) is 2.53. The maximum absolute atomic E-state index is 8.59. The van der Waals surface area contributed by atoms with Crippen LogP contribution in [0.2, 0.25) is 0 Å². The van der Waals surface area contributed by atoms with Gasteiger partial charge >= 0.3 is 0 Å². The van der Waals surface area contributed by atoms with E-state index < -0.39 is 0 Å². The Morgan fingerprint density at radius 1 is 0.500 bits per heavy atom. The van der Waals surface area contributed by atoms with Crippen LogP contribution in [-0.4, -0.2) is 38.1 Å². The second-order valence-corrected chi connectivity index (χ2v) is 6.19. The second kappa shape index (κ2) is 20.9. The Balaban J connectivity index is 2.91. The highest BCUT2D eigenvalue weighted by Gasteiger charge is 1.94. The quantitative estimate of drug-likeness (QED) is 0.337. The molecule has 0 spiro atoms. The molecule has 0 atom stereocenters. The molecule has 0 aliphatic rings. The van der Waals surface area contributed by atoms with Crippen LogP contribution in [0.4, 0.5) is 0 Å². The Labute approximate surface area is 138 Å². The molecule has 0 saturated heterocycles. The van der Waals surface area contributed by atoms with E-state index in [1.165, 1.54) is 77.0 Å². The summed E-state index contributed by atoms with van der Waals surface area (Å²) in [7, 11) is 0. The first-order chi connectivity index (χ1) is 10.9. The molecule has 3 nitrogen and oxygen atoms in total. The van der Waals surface area contributed by atoms with Crippen molar-refractivity contribution in [1.29, 1.82) is 0 Å². The van der Waals surface area contributed by atoms with E-state index in [-0.39, 0.29) is 6.61 Å². The van der Waals surface area contributed by atoms with Crippen molar-refractivity contribution in [3.05, 3.63) is 0 Å². The first-order valence-electron chi connectivity index (χ1n) is 9.68. The molecule has 1 N–H and O–H groups in total. The molecular formula is C19H40O3. The number of unbranched alkanes of at least 4 members (excludes halogenated alkanes) is 11. The lowest BCUT2D eigenvalue weighted by atomic mass is 10.1. The van der Waals surface area contributed by atoms with Gasteiger partial charge in [0.05, 0.1) is 13.2 Å². The van der Waals surface area contributed by atoms with Gasteiger partial charge in [0.2, 0.25) is 0 Å². The Morgan fingerprint density at radius 3 is 1.36 bits per heavy atom. The molecule has 0 bridgehead atoms. The molecule has 0 aromatic carbocycles. The van der Waals surface area contributed by atoms with E-state index >= 15 is 0 Å². The Kier molecular flexibility index (Phi) is 20.8. The summed E-state index contributed by atoms with van der Waals surface area (Å²) >= 11 is 0. The van der Waals surface area contributed by atoms with E-state index in [4.69, 9.17) is 14.6 Å². The van der Waals surface area contributed by atoms with Crippen LogP contribution in [0.5, 0.6) is 0 Å². The third-order valence-electron chi connectivity index (χ3n) is 3.96. The van der Waals surface area contributed by atoms with Gasteiger partial charge in [-0.3, -0.25) is 0 Å². The van der Waals surface area contributed by atoms with Gasteiger partial charge in [-0.15, -0.1) is 0 Å². The largest absolute Gasteiger partial charge is 0.396 e. The lowest BCUT2D eigenvalue weighted by molar-refractivity contribution is 0.0413. The van der Waals surface area contributed by atoms with Crippen LogP contribution in [0.3, 0.4) is 0 Å². The number of hydrogen-bond donors (Lipinski definition) is 1. The number of rotatable bonds is 19. The maximum Gasteiger partial charge on any atom is 0.0700 e.